The van der Waals surface area contributed by atoms with Gasteiger partial charge in [-0.3, -0.25) is 4.79 Å². The first-order valence-corrected chi connectivity index (χ1v) is 15.0. The normalized spacial score (nSPS) is 11.2. The lowest BCUT2D eigenvalue weighted by Crippen LogP contribution is -2.24. The van der Waals surface area contributed by atoms with E-state index in [-0.39, 0.29) is 11.8 Å². The molecule has 0 aliphatic rings. The number of fused-ring (bicyclic) bond motifs is 2. The predicted molar refractivity (Wildman–Crippen MR) is 181 cm³/mol. The molecule has 4 aromatic carbocycles. The molecule has 8 nitrogen and oxygen atoms in total. The van der Waals surface area contributed by atoms with Crippen LogP contribution in [-0.4, -0.2) is 42.9 Å². The van der Waals surface area contributed by atoms with E-state index in [1.165, 1.54) is 6.21 Å². The van der Waals surface area contributed by atoms with Crippen LogP contribution in [0.4, 0.5) is 0 Å². The molecule has 0 spiro atoms. The van der Waals surface area contributed by atoms with E-state index in [9.17, 15) is 4.79 Å². The summed E-state index contributed by atoms with van der Waals surface area (Å²) in [5, 5.41) is 6.09. The Labute approximate surface area is 272 Å². The average molecular weight is 682 g/mol. The van der Waals surface area contributed by atoms with Gasteiger partial charge >= 0.3 is 0 Å². The fraction of sp³-hybridized carbons (Fsp3) is 0.0857. The summed E-state index contributed by atoms with van der Waals surface area (Å²) in [7, 11) is 3.11. The van der Waals surface area contributed by atoms with Gasteiger partial charge in [-0.25, -0.2) is 15.4 Å². The molecule has 10 heteroatoms. The minimum atomic E-state index is -0.429. The van der Waals surface area contributed by atoms with Crippen LogP contribution in [0.15, 0.2) is 107 Å². The maximum atomic E-state index is 12.4. The zero-order chi connectivity index (χ0) is 31.3. The lowest BCUT2D eigenvalue weighted by Gasteiger charge is -2.11. The Morgan fingerprint density at radius 1 is 0.867 bits per heavy atom. The monoisotopic (exact) mass is 680 g/mol. The van der Waals surface area contributed by atoms with E-state index in [1.54, 1.807) is 32.4 Å². The number of hydrazone groups is 1. The highest BCUT2D eigenvalue weighted by molar-refractivity contribution is 9.10. The number of rotatable bonds is 9. The summed E-state index contributed by atoms with van der Waals surface area (Å²) in [5.74, 6) is 1.22. The first-order chi connectivity index (χ1) is 21.9. The fourth-order valence-electron chi connectivity index (χ4n) is 4.86. The SMILES string of the molecule is COc1cc2cc(/C=N/NC(=O)COc3ccc(-c4cc(-c5ccccc5)c5cc(Br)ccc5n4)cc3)c(Cl)nc2cc1OC. The summed E-state index contributed by atoms with van der Waals surface area (Å²) in [5.41, 5.74) is 8.48. The van der Waals surface area contributed by atoms with E-state index in [2.05, 4.69) is 55.7 Å². The molecular formula is C35H26BrClN4O4. The Bertz CT molecular complexity index is 2050. The molecule has 1 N–H and O–H groups in total. The van der Waals surface area contributed by atoms with Gasteiger partial charge in [0.1, 0.15) is 10.9 Å². The van der Waals surface area contributed by atoms with Crippen molar-refractivity contribution in [3.8, 4) is 39.6 Å². The van der Waals surface area contributed by atoms with Crippen LogP contribution in [0.2, 0.25) is 5.15 Å². The second-order valence-electron chi connectivity index (χ2n) is 9.96. The highest BCUT2D eigenvalue weighted by Gasteiger charge is 2.12. The quantitative estimate of drug-likeness (QED) is 0.0942. The highest BCUT2D eigenvalue weighted by atomic mass is 79.9. The van der Waals surface area contributed by atoms with Gasteiger partial charge in [0.25, 0.3) is 5.91 Å². The van der Waals surface area contributed by atoms with Gasteiger partial charge in [-0.2, -0.15) is 5.10 Å². The van der Waals surface area contributed by atoms with E-state index < -0.39 is 5.91 Å². The molecular weight excluding hydrogens is 656 g/mol. The van der Waals surface area contributed by atoms with Crippen LogP contribution in [0.25, 0.3) is 44.2 Å². The summed E-state index contributed by atoms with van der Waals surface area (Å²) in [4.78, 5) is 21.7. The molecule has 0 saturated carbocycles. The maximum Gasteiger partial charge on any atom is 0.277 e. The first-order valence-electron chi connectivity index (χ1n) is 13.8. The number of aromatic nitrogens is 2. The van der Waals surface area contributed by atoms with Crippen LogP contribution >= 0.6 is 27.5 Å². The van der Waals surface area contributed by atoms with Gasteiger partial charge < -0.3 is 14.2 Å². The molecule has 45 heavy (non-hydrogen) atoms. The lowest BCUT2D eigenvalue weighted by molar-refractivity contribution is -0.123. The van der Waals surface area contributed by atoms with Crippen molar-refractivity contribution in [2.45, 2.75) is 0 Å². The van der Waals surface area contributed by atoms with Crippen molar-refractivity contribution in [2.24, 2.45) is 5.10 Å². The molecule has 0 saturated heterocycles. The van der Waals surface area contributed by atoms with Crippen molar-refractivity contribution in [1.29, 1.82) is 0 Å². The van der Waals surface area contributed by atoms with Crippen molar-refractivity contribution >= 4 is 61.5 Å². The Morgan fingerprint density at radius 2 is 1.62 bits per heavy atom. The Balaban J connectivity index is 1.12. The van der Waals surface area contributed by atoms with Crippen LogP contribution in [0.1, 0.15) is 5.56 Å². The minimum Gasteiger partial charge on any atom is -0.493 e. The number of benzene rings is 4. The number of hydrogen-bond donors (Lipinski definition) is 1. The number of methoxy groups -OCH3 is 2. The van der Waals surface area contributed by atoms with Crippen molar-refractivity contribution in [3.05, 3.63) is 112 Å². The van der Waals surface area contributed by atoms with Crippen LogP contribution in [0, 0.1) is 0 Å². The Hall–Kier alpha value is -4.99. The topological polar surface area (TPSA) is 94.9 Å². The smallest absolute Gasteiger partial charge is 0.277 e. The molecule has 6 aromatic rings. The van der Waals surface area contributed by atoms with E-state index in [0.29, 0.717) is 28.3 Å². The highest BCUT2D eigenvalue weighted by Crippen LogP contribution is 2.35. The van der Waals surface area contributed by atoms with E-state index in [4.69, 9.17) is 30.8 Å². The van der Waals surface area contributed by atoms with Gasteiger partial charge in [-0.15, -0.1) is 0 Å². The summed E-state index contributed by atoms with van der Waals surface area (Å²) >= 11 is 9.93. The zero-order valence-corrected chi connectivity index (χ0v) is 26.6. The predicted octanol–water partition coefficient (Wildman–Crippen LogP) is 8.08. The zero-order valence-electron chi connectivity index (χ0n) is 24.3. The molecule has 0 bridgehead atoms. The first kappa shape index (κ1) is 30.1. The van der Waals surface area contributed by atoms with E-state index >= 15 is 0 Å². The number of hydrogen-bond acceptors (Lipinski definition) is 7. The summed E-state index contributed by atoms with van der Waals surface area (Å²) < 4.78 is 17.4. The molecule has 0 aliphatic carbocycles. The molecule has 0 radical (unpaired) electrons. The van der Waals surface area contributed by atoms with Gasteiger partial charge in [0, 0.05) is 32.4 Å². The second kappa shape index (κ2) is 13.3. The van der Waals surface area contributed by atoms with Gasteiger partial charge in [0.05, 0.1) is 37.2 Å². The minimum absolute atomic E-state index is 0.224. The van der Waals surface area contributed by atoms with E-state index in [0.717, 1.165) is 43.1 Å². The third-order valence-corrected chi connectivity index (χ3v) is 7.87. The Morgan fingerprint density at radius 3 is 2.38 bits per heavy atom. The maximum absolute atomic E-state index is 12.4. The second-order valence-corrected chi connectivity index (χ2v) is 11.2. The van der Waals surface area contributed by atoms with Crippen molar-refractivity contribution in [2.75, 3.05) is 20.8 Å². The molecule has 6 rings (SSSR count). The van der Waals surface area contributed by atoms with Crippen molar-refractivity contribution < 1.29 is 19.0 Å². The largest absolute Gasteiger partial charge is 0.493 e. The van der Waals surface area contributed by atoms with Crippen LogP contribution in [0.5, 0.6) is 17.2 Å². The lowest BCUT2D eigenvalue weighted by atomic mass is 9.98. The van der Waals surface area contributed by atoms with E-state index in [1.807, 2.05) is 54.6 Å². The number of pyridine rings is 2. The molecule has 0 aliphatic heterocycles. The van der Waals surface area contributed by atoms with Gasteiger partial charge in [-0.1, -0.05) is 57.9 Å². The molecule has 1 amide bonds. The number of halogens is 2. The summed E-state index contributed by atoms with van der Waals surface area (Å²) in [6, 6.07) is 31.2. The number of carbonyl (C=O) groups is 1. The summed E-state index contributed by atoms with van der Waals surface area (Å²) in [6.07, 6.45) is 1.43. The third-order valence-electron chi connectivity index (χ3n) is 7.07. The number of carbonyl (C=O) groups excluding carboxylic acids is 1. The van der Waals surface area contributed by atoms with Crippen LogP contribution in [0.3, 0.4) is 0 Å². The van der Waals surface area contributed by atoms with Gasteiger partial charge in [-0.05, 0) is 71.8 Å². The molecule has 2 aromatic heterocycles. The molecule has 2 heterocycles. The number of amides is 1. The van der Waals surface area contributed by atoms with Crippen LogP contribution in [-0.2, 0) is 4.79 Å². The van der Waals surface area contributed by atoms with Crippen molar-refractivity contribution in [1.82, 2.24) is 15.4 Å². The van der Waals surface area contributed by atoms with Crippen LogP contribution < -0.4 is 19.6 Å². The molecule has 0 unspecified atom stereocenters. The number of ether oxygens (including phenoxy) is 3. The molecule has 224 valence electrons. The molecule has 0 atom stereocenters. The van der Waals surface area contributed by atoms with Gasteiger partial charge in [0.15, 0.2) is 18.1 Å². The number of nitrogens with zero attached hydrogens (tertiary/aromatic N) is 3. The Kier molecular flexibility index (Phi) is 8.91. The average Bonchev–Trinajstić information content (AvgIpc) is 3.07. The van der Waals surface area contributed by atoms with Gasteiger partial charge in [0.2, 0.25) is 0 Å². The third kappa shape index (κ3) is 6.74. The number of nitrogens with one attached hydrogen (secondary N) is 1. The molecule has 0 fully saturated rings. The summed E-state index contributed by atoms with van der Waals surface area (Å²) in [6.45, 7) is -0.224. The standard InChI is InChI=1S/C35H26BrClN4O4/c1-43-32-15-23-14-24(35(37)40-31(23)18-33(32)44-2)19-38-41-34(42)20-45-26-11-8-22(9-12-26)30-17-27(21-6-4-3-5-7-21)28-16-25(36)10-13-29(28)39-30/h3-19H,20H2,1-2H3,(H,41,42)/b38-19+. The van der Waals surface area contributed by atoms with Crippen molar-refractivity contribution in [3.63, 3.8) is 0 Å². The fourth-order valence-corrected chi connectivity index (χ4v) is 5.42.